The first-order valence-corrected chi connectivity index (χ1v) is 7.61. The highest BCUT2D eigenvalue weighted by Crippen LogP contribution is 2.28. The largest absolute Gasteiger partial charge is 0.393 e. The highest BCUT2D eigenvalue weighted by Gasteiger charge is 2.12. The lowest BCUT2D eigenvalue weighted by atomic mass is 10.3. The predicted molar refractivity (Wildman–Crippen MR) is 92.4 cm³/mol. The molecule has 0 saturated carbocycles. The highest BCUT2D eigenvalue weighted by atomic mass is 127. The van der Waals surface area contributed by atoms with E-state index in [1.807, 2.05) is 24.3 Å². The Hall–Kier alpha value is -1.57. The molecule has 1 aromatic carbocycles. The van der Waals surface area contributed by atoms with E-state index in [2.05, 4.69) is 56.6 Å². The van der Waals surface area contributed by atoms with Crippen LogP contribution in [0.1, 0.15) is 13.8 Å². The number of hydrogen-bond donors (Lipinski definition) is 2. The quantitative estimate of drug-likeness (QED) is 0.776. The predicted octanol–water partition coefficient (Wildman–Crippen LogP) is 3.25. The Morgan fingerprint density at radius 2 is 1.80 bits per heavy atom. The second-order valence-electron chi connectivity index (χ2n) is 4.26. The maximum absolute atomic E-state index is 6.18. The number of halogens is 1. The van der Waals surface area contributed by atoms with Crippen molar-refractivity contribution in [2.45, 2.75) is 13.8 Å². The van der Waals surface area contributed by atoms with Crippen LogP contribution in [0.4, 0.5) is 23.0 Å². The molecule has 0 unspecified atom stereocenters. The van der Waals surface area contributed by atoms with Crippen LogP contribution in [0, 0.1) is 3.57 Å². The van der Waals surface area contributed by atoms with E-state index in [0.29, 0.717) is 11.5 Å². The smallest absolute Gasteiger partial charge is 0.159 e. The van der Waals surface area contributed by atoms with Crippen molar-refractivity contribution in [2.75, 3.05) is 29.0 Å². The number of anilines is 4. The van der Waals surface area contributed by atoms with Crippen LogP contribution in [0.2, 0.25) is 0 Å². The van der Waals surface area contributed by atoms with Crippen LogP contribution >= 0.6 is 22.6 Å². The van der Waals surface area contributed by atoms with Gasteiger partial charge in [-0.25, -0.2) is 9.97 Å². The van der Waals surface area contributed by atoms with Crippen molar-refractivity contribution < 1.29 is 0 Å². The minimum Gasteiger partial charge on any atom is -0.393 e. The minimum atomic E-state index is 0.578. The summed E-state index contributed by atoms with van der Waals surface area (Å²) in [6.45, 7) is 5.88. The molecule has 1 aromatic heterocycles. The second kappa shape index (κ2) is 6.74. The van der Waals surface area contributed by atoms with Gasteiger partial charge in [0.1, 0.15) is 12.0 Å². The molecule has 5 nitrogen and oxygen atoms in total. The third kappa shape index (κ3) is 3.30. The topological polar surface area (TPSA) is 67.1 Å². The van der Waals surface area contributed by atoms with Gasteiger partial charge in [0, 0.05) is 22.3 Å². The molecule has 0 aliphatic rings. The van der Waals surface area contributed by atoms with Crippen molar-refractivity contribution in [1.82, 2.24) is 9.97 Å². The highest BCUT2D eigenvalue weighted by molar-refractivity contribution is 14.1. The summed E-state index contributed by atoms with van der Waals surface area (Å²) < 4.78 is 1.19. The molecule has 6 heteroatoms. The van der Waals surface area contributed by atoms with Crippen LogP contribution in [0.3, 0.4) is 0 Å². The van der Waals surface area contributed by atoms with Gasteiger partial charge in [0.05, 0.1) is 0 Å². The third-order valence-corrected chi connectivity index (χ3v) is 3.75. The van der Waals surface area contributed by atoms with E-state index in [-0.39, 0.29) is 0 Å². The van der Waals surface area contributed by atoms with Gasteiger partial charge in [-0.15, -0.1) is 0 Å². The first-order valence-electron chi connectivity index (χ1n) is 6.53. The Balaban J connectivity index is 2.28. The fraction of sp³-hybridized carbons (Fsp3) is 0.286. The Bertz CT molecular complexity index is 566. The second-order valence-corrected chi connectivity index (χ2v) is 5.51. The van der Waals surface area contributed by atoms with E-state index in [1.165, 1.54) is 3.57 Å². The SMILES string of the molecule is CCN(CC)c1ncnc(Nc2ccc(I)cc2)c1N. The molecule has 0 saturated heterocycles. The summed E-state index contributed by atoms with van der Waals surface area (Å²) >= 11 is 2.27. The molecule has 106 valence electrons. The van der Waals surface area contributed by atoms with Crippen molar-refractivity contribution in [3.8, 4) is 0 Å². The van der Waals surface area contributed by atoms with Crippen LogP contribution in [-0.2, 0) is 0 Å². The number of rotatable bonds is 5. The molecule has 20 heavy (non-hydrogen) atoms. The monoisotopic (exact) mass is 383 g/mol. The van der Waals surface area contributed by atoms with Gasteiger partial charge in [0.25, 0.3) is 0 Å². The maximum atomic E-state index is 6.18. The van der Waals surface area contributed by atoms with Gasteiger partial charge in [0.2, 0.25) is 0 Å². The summed E-state index contributed by atoms with van der Waals surface area (Å²) in [4.78, 5) is 10.6. The van der Waals surface area contributed by atoms with Gasteiger partial charge < -0.3 is 16.0 Å². The van der Waals surface area contributed by atoms with Gasteiger partial charge >= 0.3 is 0 Å². The molecule has 3 N–H and O–H groups in total. The summed E-state index contributed by atoms with van der Waals surface area (Å²) in [5.74, 6) is 1.42. The molecule has 0 amide bonds. The van der Waals surface area contributed by atoms with E-state index >= 15 is 0 Å². The number of nitrogens with zero attached hydrogens (tertiary/aromatic N) is 3. The van der Waals surface area contributed by atoms with E-state index in [9.17, 15) is 0 Å². The molecule has 0 fully saturated rings. The lowest BCUT2D eigenvalue weighted by Gasteiger charge is -2.22. The molecule has 2 rings (SSSR count). The van der Waals surface area contributed by atoms with Gasteiger partial charge in [-0.05, 0) is 60.7 Å². The van der Waals surface area contributed by atoms with Crippen molar-refractivity contribution in [3.63, 3.8) is 0 Å². The Morgan fingerprint density at radius 1 is 1.15 bits per heavy atom. The van der Waals surface area contributed by atoms with E-state index in [4.69, 9.17) is 5.73 Å². The van der Waals surface area contributed by atoms with Crippen LogP contribution in [0.5, 0.6) is 0 Å². The fourth-order valence-electron chi connectivity index (χ4n) is 1.93. The van der Waals surface area contributed by atoms with Crippen LogP contribution in [0.25, 0.3) is 0 Å². The fourth-order valence-corrected chi connectivity index (χ4v) is 2.29. The first kappa shape index (κ1) is 14.8. The number of nitrogen functional groups attached to an aromatic ring is 1. The maximum Gasteiger partial charge on any atom is 0.159 e. The molecular weight excluding hydrogens is 365 g/mol. The summed E-state index contributed by atoms with van der Waals surface area (Å²) in [7, 11) is 0. The van der Waals surface area contributed by atoms with Crippen molar-refractivity contribution in [1.29, 1.82) is 0 Å². The van der Waals surface area contributed by atoms with E-state index in [1.54, 1.807) is 6.33 Å². The number of nitrogens with two attached hydrogens (primary N) is 1. The molecule has 0 aliphatic carbocycles. The van der Waals surface area contributed by atoms with E-state index < -0.39 is 0 Å². The van der Waals surface area contributed by atoms with Gasteiger partial charge in [-0.3, -0.25) is 0 Å². The van der Waals surface area contributed by atoms with Crippen LogP contribution < -0.4 is 16.0 Å². The Labute approximate surface area is 132 Å². The van der Waals surface area contributed by atoms with Crippen molar-refractivity contribution in [2.24, 2.45) is 0 Å². The molecule has 0 spiro atoms. The minimum absolute atomic E-state index is 0.578. The number of nitrogens with one attached hydrogen (secondary N) is 1. The van der Waals surface area contributed by atoms with Crippen LogP contribution in [-0.4, -0.2) is 23.1 Å². The zero-order valence-corrected chi connectivity index (χ0v) is 13.8. The van der Waals surface area contributed by atoms with Crippen LogP contribution in [0.15, 0.2) is 30.6 Å². The molecule has 0 atom stereocenters. The standard InChI is InChI=1S/C14H18IN5/c1-3-20(4-2)14-12(16)13(17-9-18-14)19-11-7-5-10(15)6-8-11/h5-9H,3-4,16H2,1-2H3,(H,17,18,19). The van der Waals surface area contributed by atoms with Gasteiger partial charge in [-0.2, -0.15) is 0 Å². The Morgan fingerprint density at radius 3 is 2.40 bits per heavy atom. The zero-order valence-electron chi connectivity index (χ0n) is 11.6. The molecule has 0 radical (unpaired) electrons. The zero-order chi connectivity index (χ0) is 14.5. The lowest BCUT2D eigenvalue weighted by Crippen LogP contribution is -2.24. The Kier molecular flexibility index (Phi) is 4.99. The van der Waals surface area contributed by atoms with Crippen molar-refractivity contribution >= 4 is 45.6 Å². The average molecular weight is 383 g/mol. The molecule has 1 heterocycles. The van der Waals surface area contributed by atoms with E-state index in [0.717, 1.165) is 24.6 Å². The summed E-state index contributed by atoms with van der Waals surface area (Å²) in [5, 5.41) is 3.24. The van der Waals surface area contributed by atoms with Crippen molar-refractivity contribution in [3.05, 3.63) is 34.2 Å². The lowest BCUT2D eigenvalue weighted by molar-refractivity contribution is 0.844. The molecular formula is C14H18IN5. The molecule has 2 aromatic rings. The number of hydrogen-bond acceptors (Lipinski definition) is 5. The summed E-state index contributed by atoms with van der Waals surface area (Å²) in [6, 6.07) is 8.07. The molecule has 0 bridgehead atoms. The number of benzene rings is 1. The number of aromatic nitrogens is 2. The van der Waals surface area contributed by atoms with Gasteiger partial charge in [0.15, 0.2) is 11.6 Å². The summed E-state index contributed by atoms with van der Waals surface area (Å²) in [6.07, 6.45) is 1.54. The normalized spacial score (nSPS) is 10.3. The van der Waals surface area contributed by atoms with Gasteiger partial charge in [-0.1, -0.05) is 0 Å². The average Bonchev–Trinajstić information content (AvgIpc) is 2.46. The summed E-state index contributed by atoms with van der Waals surface area (Å²) in [5.41, 5.74) is 7.72. The molecule has 0 aliphatic heterocycles. The first-order chi connectivity index (χ1) is 9.65. The third-order valence-electron chi connectivity index (χ3n) is 3.03.